The van der Waals surface area contributed by atoms with E-state index in [-0.39, 0.29) is 0 Å². The maximum absolute atomic E-state index is 5.37. The third-order valence-electron chi connectivity index (χ3n) is 3.77. The predicted octanol–water partition coefficient (Wildman–Crippen LogP) is 2.77. The van der Waals surface area contributed by atoms with E-state index in [0.717, 1.165) is 63.1 Å². The van der Waals surface area contributed by atoms with E-state index in [2.05, 4.69) is 41.2 Å². The molecule has 1 aromatic rings. The molecule has 4 nitrogen and oxygen atoms in total. The number of ether oxygens (including phenoxy) is 1. The van der Waals surface area contributed by atoms with Crippen molar-refractivity contribution >= 4 is 11.5 Å². The first-order valence-electron chi connectivity index (χ1n) is 7.36. The molecule has 1 aliphatic rings. The van der Waals surface area contributed by atoms with Crippen LogP contribution >= 0.6 is 0 Å². The van der Waals surface area contributed by atoms with Crippen molar-refractivity contribution in [3.05, 3.63) is 18.3 Å². The van der Waals surface area contributed by atoms with Crippen molar-refractivity contribution in [3.8, 4) is 0 Å². The third kappa shape index (κ3) is 4.10. The zero-order valence-electron chi connectivity index (χ0n) is 12.1. The lowest BCUT2D eigenvalue weighted by Gasteiger charge is -2.23. The molecule has 2 heterocycles. The molecular formula is C15H25N3O. The Labute approximate surface area is 116 Å². The van der Waals surface area contributed by atoms with Crippen molar-refractivity contribution in [1.82, 2.24) is 4.98 Å². The molecule has 0 bridgehead atoms. The molecule has 0 aliphatic carbocycles. The summed E-state index contributed by atoms with van der Waals surface area (Å²) in [5.41, 5.74) is 1.11. The lowest BCUT2D eigenvalue weighted by Crippen LogP contribution is -2.23. The van der Waals surface area contributed by atoms with Gasteiger partial charge in [-0.05, 0) is 44.7 Å². The van der Waals surface area contributed by atoms with E-state index in [1.165, 1.54) is 0 Å². The fourth-order valence-corrected chi connectivity index (χ4v) is 2.44. The van der Waals surface area contributed by atoms with Crippen LogP contribution in [0, 0.1) is 5.92 Å². The van der Waals surface area contributed by atoms with E-state index in [1.807, 2.05) is 6.20 Å². The molecule has 0 amide bonds. The molecule has 1 saturated heterocycles. The molecular weight excluding hydrogens is 238 g/mol. The first-order chi connectivity index (χ1) is 9.33. The minimum Gasteiger partial charge on any atom is -0.384 e. The van der Waals surface area contributed by atoms with Gasteiger partial charge >= 0.3 is 0 Å². The maximum Gasteiger partial charge on any atom is 0.128 e. The lowest BCUT2D eigenvalue weighted by atomic mass is 10.0. The summed E-state index contributed by atoms with van der Waals surface area (Å²) in [6.45, 7) is 9.15. The summed E-state index contributed by atoms with van der Waals surface area (Å²) in [4.78, 5) is 6.78. The average Bonchev–Trinajstić information content (AvgIpc) is 2.49. The van der Waals surface area contributed by atoms with Gasteiger partial charge in [-0.25, -0.2) is 4.98 Å². The van der Waals surface area contributed by atoms with Gasteiger partial charge < -0.3 is 15.0 Å². The molecule has 0 aromatic carbocycles. The standard InChI is InChI=1S/C15H25N3O/c1-3-18(4-2)15-6-5-14(12-17-15)16-11-13-7-9-19-10-8-13/h5-6,12-13,16H,3-4,7-11H2,1-2H3. The van der Waals surface area contributed by atoms with Crippen LogP contribution < -0.4 is 10.2 Å². The van der Waals surface area contributed by atoms with Gasteiger partial charge in [0.05, 0.1) is 11.9 Å². The normalized spacial score (nSPS) is 16.3. The van der Waals surface area contributed by atoms with Crippen molar-refractivity contribution in [1.29, 1.82) is 0 Å². The summed E-state index contributed by atoms with van der Waals surface area (Å²) < 4.78 is 5.37. The van der Waals surface area contributed by atoms with E-state index in [9.17, 15) is 0 Å². The number of aromatic nitrogens is 1. The fraction of sp³-hybridized carbons (Fsp3) is 0.667. The van der Waals surface area contributed by atoms with E-state index in [1.54, 1.807) is 0 Å². The van der Waals surface area contributed by atoms with Crippen LogP contribution in [0.4, 0.5) is 11.5 Å². The summed E-state index contributed by atoms with van der Waals surface area (Å²) in [6.07, 6.45) is 4.27. The van der Waals surface area contributed by atoms with E-state index < -0.39 is 0 Å². The van der Waals surface area contributed by atoms with Crippen LogP contribution in [-0.4, -0.2) is 37.8 Å². The van der Waals surface area contributed by atoms with Crippen LogP contribution in [0.1, 0.15) is 26.7 Å². The first-order valence-corrected chi connectivity index (χ1v) is 7.36. The second-order valence-electron chi connectivity index (χ2n) is 5.01. The molecule has 19 heavy (non-hydrogen) atoms. The molecule has 1 fully saturated rings. The van der Waals surface area contributed by atoms with Crippen molar-refractivity contribution < 1.29 is 4.74 Å². The topological polar surface area (TPSA) is 37.4 Å². The molecule has 0 spiro atoms. The summed E-state index contributed by atoms with van der Waals surface area (Å²) in [7, 11) is 0. The van der Waals surface area contributed by atoms with Crippen LogP contribution in [0.5, 0.6) is 0 Å². The molecule has 1 N–H and O–H groups in total. The van der Waals surface area contributed by atoms with Crippen molar-refractivity contribution in [2.75, 3.05) is 43.1 Å². The highest BCUT2D eigenvalue weighted by atomic mass is 16.5. The van der Waals surface area contributed by atoms with Gasteiger partial charge in [-0.1, -0.05) is 0 Å². The Morgan fingerprint density at radius 2 is 2.00 bits per heavy atom. The van der Waals surface area contributed by atoms with Crippen LogP contribution in [0.2, 0.25) is 0 Å². The number of nitrogens with zero attached hydrogens (tertiary/aromatic N) is 2. The highest BCUT2D eigenvalue weighted by Gasteiger charge is 2.13. The van der Waals surface area contributed by atoms with Crippen LogP contribution in [0.3, 0.4) is 0 Å². The van der Waals surface area contributed by atoms with Crippen molar-refractivity contribution in [2.45, 2.75) is 26.7 Å². The quantitative estimate of drug-likeness (QED) is 0.856. The molecule has 106 valence electrons. The van der Waals surface area contributed by atoms with Gasteiger partial charge in [0.25, 0.3) is 0 Å². The highest BCUT2D eigenvalue weighted by molar-refractivity contribution is 5.48. The smallest absolute Gasteiger partial charge is 0.128 e. The summed E-state index contributed by atoms with van der Waals surface area (Å²) in [5, 5.41) is 3.48. The summed E-state index contributed by atoms with van der Waals surface area (Å²) >= 11 is 0. The Bertz CT molecular complexity index is 356. The van der Waals surface area contributed by atoms with E-state index >= 15 is 0 Å². The van der Waals surface area contributed by atoms with Crippen LogP contribution in [-0.2, 0) is 4.74 Å². The van der Waals surface area contributed by atoms with Gasteiger partial charge in [0.1, 0.15) is 5.82 Å². The number of hydrogen-bond acceptors (Lipinski definition) is 4. The second-order valence-corrected chi connectivity index (χ2v) is 5.01. The Morgan fingerprint density at radius 3 is 2.58 bits per heavy atom. The van der Waals surface area contributed by atoms with Gasteiger partial charge in [0, 0.05) is 32.8 Å². The fourth-order valence-electron chi connectivity index (χ4n) is 2.44. The first kappa shape index (κ1) is 14.1. The van der Waals surface area contributed by atoms with Gasteiger partial charge in [0.15, 0.2) is 0 Å². The van der Waals surface area contributed by atoms with Gasteiger partial charge in [-0.15, -0.1) is 0 Å². The number of hydrogen-bond donors (Lipinski definition) is 1. The second kappa shape index (κ2) is 7.34. The molecule has 0 saturated carbocycles. The number of anilines is 2. The summed E-state index contributed by atoms with van der Waals surface area (Å²) in [5.74, 6) is 1.79. The number of nitrogens with one attached hydrogen (secondary N) is 1. The summed E-state index contributed by atoms with van der Waals surface area (Å²) in [6, 6.07) is 4.22. The van der Waals surface area contributed by atoms with E-state index in [4.69, 9.17) is 4.74 Å². The highest BCUT2D eigenvalue weighted by Crippen LogP contribution is 2.17. The Kier molecular flexibility index (Phi) is 5.45. The minimum absolute atomic E-state index is 0.733. The van der Waals surface area contributed by atoms with Crippen LogP contribution in [0.15, 0.2) is 18.3 Å². The van der Waals surface area contributed by atoms with Crippen molar-refractivity contribution in [3.63, 3.8) is 0 Å². The molecule has 1 aliphatic heterocycles. The number of rotatable bonds is 6. The zero-order chi connectivity index (χ0) is 13.5. The van der Waals surface area contributed by atoms with E-state index in [0.29, 0.717) is 0 Å². The molecule has 4 heteroatoms. The molecule has 2 rings (SSSR count). The van der Waals surface area contributed by atoms with Gasteiger partial charge in [-0.2, -0.15) is 0 Å². The molecule has 0 unspecified atom stereocenters. The Balaban J connectivity index is 1.84. The van der Waals surface area contributed by atoms with Crippen molar-refractivity contribution in [2.24, 2.45) is 5.92 Å². The SMILES string of the molecule is CCN(CC)c1ccc(NCC2CCOCC2)cn1. The maximum atomic E-state index is 5.37. The predicted molar refractivity (Wildman–Crippen MR) is 79.8 cm³/mol. The van der Waals surface area contributed by atoms with Gasteiger partial charge in [0.2, 0.25) is 0 Å². The molecule has 0 radical (unpaired) electrons. The Morgan fingerprint density at radius 1 is 1.26 bits per heavy atom. The zero-order valence-corrected chi connectivity index (χ0v) is 12.1. The lowest BCUT2D eigenvalue weighted by molar-refractivity contribution is 0.0699. The molecule has 0 atom stereocenters. The average molecular weight is 263 g/mol. The largest absolute Gasteiger partial charge is 0.384 e. The third-order valence-corrected chi connectivity index (χ3v) is 3.77. The van der Waals surface area contributed by atoms with Gasteiger partial charge in [-0.3, -0.25) is 0 Å². The molecule has 1 aromatic heterocycles. The monoisotopic (exact) mass is 263 g/mol. The minimum atomic E-state index is 0.733. The van der Waals surface area contributed by atoms with Crippen LogP contribution in [0.25, 0.3) is 0 Å². The number of pyridine rings is 1. The Hall–Kier alpha value is -1.29.